The van der Waals surface area contributed by atoms with Crippen molar-refractivity contribution in [1.82, 2.24) is 9.55 Å². The first kappa shape index (κ1) is 16.8. The first-order valence-corrected chi connectivity index (χ1v) is 6.65. The maximum atomic E-state index is 12.2. The Labute approximate surface area is 136 Å². The van der Waals surface area contributed by atoms with Gasteiger partial charge in [0.2, 0.25) is 0 Å². The highest BCUT2D eigenvalue weighted by Crippen LogP contribution is 2.11. The van der Waals surface area contributed by atoms with E-state index in [-0.39, 0.29) is 29.3 Å². The fourth-order valence-electron chi connectivity index (χ4n) is 1.87. The predicted octanol–water partition coefficient (Wildman–Crippen LogP) is 3.20. The number of nitrogens with one attached hydrogen (secondary N) is 1. The number of benzene rings is 1. The number of hydrogen-bond donors (Lipinski definition) is 1. The van der Waals surface area contributed by atoms with Crippen LogP contribution < -0.4 is 5.49 Å². The minimum absolute atomic E-state index is 0. The van der Waals surface area contributed by atoms with Crippen LogP contribution in [0.5, 0.6) is 0 Å². The van der Waals surface area contributed by atoms with E-state index >= 15 is 0 Å². The smallest absolute Gasteiger partial charge is 0.182 e. The lowest BCUT2D eigenvalue weighted by Crippen LogP contribution is -2.27. The number of Topliss-reactive ketones (excluding diaryl/α,β-unsaturated/α-hetero) is 1. The van der Waals surface area contributed by atoms with Crippen LogP contribution >= 0.6 is 32.9 Å². The van der Waals surface area contributed by atoms with E-state index < -0.39 is 0 Å². The number of carbonyl (C=O) groups excluding carboxylic acids is 1. The van der Waals surface area contributed by atoms with Crippen molar-refractivity contribution in [1.29, 1.82) is 5.41 Å². The molecule has 1 heterocycles. The SMILES string of the molecule is Br.Cc1cc(=N)n(CC(=O)c2ccc(Br)cc2)c(C)n1. The summed E-state index contributed by atoms with van der Waals surface area (Å²) in [5, 5.41) is 7.91. The molecular weight excluding hydrogens is 386 g/mol. The molecule has 4 nitrogen and oxygen atoms in total. The van der Waals surface area contributed by atoms with Gasteiger partial charge in [-0.25, -0.2) is 4.98 Å². The maximum Gasteiger partial charge on any atom is 0.182 e. The molecule has 0 spiro atoms. The Hall–Kier alpha value is -1.27. The average Bonchev–Trinajstić information content (AvgIpc) is 2.34. The Morgan fingerprint density at radius 1 is 1.30 bits per heavy atom. The molecule has 0 amide bonds. The molecular formula is C14H15Br2N3O. The van der Waals surface area contributed by atoms with Crippen LogP contribution in [0.1, 0.15) is 21.9 Å². The van der Waals surface area contributed by atoms with Crippen molar-refractivity contribution in [3.05, 3.63) is 57.4 Å². The Morgan fingerprint density at radius 2 is 1.90 bits per heavy atom. The second kappa shape index (κ2) is 6.95. The third-order valence-electron chi connectivity index (χ3n) is 2.83. The minimum atomic E-state index is -0.0280. The molecule has 1 aromatic heterocycles. The summed E-state index contributed by atoms with van der Waals surface area (Å²) < 4.78 is 2.54. The van der Waals surface area contributed by atoms with Gasteiger partial charge < -0.3 is 4.57 Å². The van der Waals surface area contributed by atoms with Gasteiger partial charge in [0, 0.05) is 21.8 Å². The molecule has 0 atom stereocenters. The molecule has 0 saturated heterocycles. The zero-order valence-corrected chi connectivity index (χ0v) is 14.5. The molecule has 6 heteroatoms. The summed E-state index contributed by atoms with van der Waals surface area (Å²) in [4.78, 5) is 16.4. The van der Waals surface area contributed by atoms with Crippen LogP contribution in [0.2, 0.25) is 0 Å². The first-order valence-electron chi connectivity index (χ1n) is 5.86. The molecule has 0 aliphatic heterocycles. The highest BCUT2D eigenvalue weighted by molar-refractivity contribution is 9.10. The monoisotopic (exact) mass is 399 g/mol. The molecule has 0 bridgehead atoms. The van der Waals surface area contributed by atoms with Crippen molar-refractivity contribution in [3.63, 3.8) is 0 Å². The Bertz CT molecular complexity index is 678. The lowest BCUT2D eigenvalue weighted by atomic mass is 10.1. The van der Waals surface area contributed by atoms with Crippen LogP contribution in [0.15, 0.2) is 34.8 Å². The van der Waals surface area contributed by atoms with Crippen LogP contribution in [-0.4, -0.2) is 15.3 Å². The average molecular weight is 401 g/mol. The van der Waals surface area contributed by atoms with Crippen molar-refractivity contribution in [2.45, 2.75) is 20.4 Å². The van der Waals surface area contributed by atoms with Gasteiger partial charge in [-0.05, 0) is 26.0 Å². The largest absolute Gasteiger partial charge is 0.307 e. The van der Waals surface area contributed by atoms with E-state index in [2.05, 4.69) is 20.9 Å². The fraction of sp³-hybridized carbons (Fsp3) is 0.214. The van der Waals surface area contributed by atoms with E-state index in [0.29, 0.717) is 16.9 Å². The molecule has 0 unspecified atom stereocenters. The van der Waals surface area contributed by atoms with Crippen LogP contribution in [0.25, 0.3) is 0 Å². The zero-order chi connectivity index (χ0) is 14.0. The number of ketones is 1. The normalized spacial score (nSPS) is 9.95. The molecule has 0 aliphatic carbocycles. The number of rotatable bonds is 3. The summed E-state index contributed by atoms with van der Waals surface area (Å²) in [5.41, 5.74) is 1.72. The van der Waals surface area contributed by atoms with Crippen LogP contribution in [0.4, 0.5) is 0 Å². The molecule has 20 heavy (non-hydrogen) atoms. The van der Waals surface area contributed by atoms with Crippen molar-refractivity contribution >= 4 is 38.7 Å². The molecule has 0 radical (unpaired) electrons. The van der Waals surface area contributed by atoms with Crippen molar-refractivity contribution in [3.8, 4) is 0 Å². The maximum absolute atomic E-state index is 12.2. The number of aryl methyl sites for hydroxylation is 2. The lowest BCUT2D eigenvalue weighted by molar-refractivity contribution is 0.0969. The Morgan fingerprint density at radius 3 is 2.45 bits per heavy atom. The van der Waals surface area contributed by atoms with Gasteiger partial charge in [0.1, 0.15) is 11.3 Å². The van der Waals surface area contributed by atoms with Crippen molar-refractivity contribution < 1.29 is 4.79 Å². The Balaban J connectivity index is 0.00000200. The highest BCUT2D eigenvalue weighted by Gasteiger charge is 2.09. The lowest BCUT2D eigenvalue weighted by Gasteiger charge is -2.10. The van der Waals surface area contributed by atoms with Gasteiger partial charge >= 0.3 is 0 Å². The summed E-state index contributed by atoms with van der Waals surface area (Å²) in [6, 6.07) is 8.86. The van der Waals surface area contributed by atoms with Crippen molar-refractivity contribution in [2.24, 2.45) is 0 Å². The second-order valence-electron chi connectivity index (χ2n) is 4.35. The molecule has 1 N–H and O–H groups in total. The van der Waals surface area contributed by atoms with Gasteiger partial charge in [0.15, 0.2) is 5.78 Å². The highest BCUT2D eigenvalue weighted by atomic mass is 79.9. The molecule has 106 valence electrons. The summed E-state index contributed by atoms with van der Waals surface area (Å²) >= 11 is 3.34. The van der Waals surface area contributed by atoms with E-state index in [1.807, 2.05) is 19.1 Å². The topological polar surface area (TPSA) is 58.7 Å². The van der Waals surface area contributed by atoms with Gasteiger partial charge in [-0.2, -0.15) is 0 Å². The number of aromatic nitrogens is 2. The van der Waals surface area contributed by atoms with E-state index in [1.54, 1.807) is 29.7 Å². The first-order chi connectivity index (χ1) is 8.97. The predicted molar refractivity (Wildman–Crippen MR) is 86.4 cm³/mol. The van der Waals surface area contributed by atoms with Gasteiger partial charge in [-0.3, -0.25) is 10.2 Å². The van der Waals surface area contributed by atoms with Crippen molar-refractivity contribution in [2.75, 3.05) is 0 Å². The van der Waals surface area contributed by atoms with E-state index in [9.17, 15) is 4.79 Å². The molecule has 1 aromatic carbocycles. The van der Waals surface area contributed by atoms with Gasteiger partial charge in [-0.1, -0.05) is 28.1 Å². The standard InChI is InChI=1S/C14H14BrN3O.BrH/c1-9-7-14(16)18(10(2)17-9)8-13(19)11-3-5-12(15)6-4-11;/h3-7,16H,8H2,1-2H3;1H. The van der Waals surface area contributed by atoms with Crippen LogP contribution in [0.3, 0.4) is 0 Å². The van der Waals surface area contributed by atoms with Gasteiger partial charge in [0.05, 0.1) is 6.54 Å². The quantitative estimate of drug-likeness (QED) is 0.804. The fourth-order valence-corrected chi connectivity index (χ4v) is 2.13. The second-order valence-corrected chi connectivity index (χ2v) is 5.26. The summed E-state index contributed by atoms with van der Waals surface area (Å²) in [7, 11) is 0. The minimum Gasteiger partial charge on any atom is -0.307 e. The van der Waals surface area contributed by atoms with Crippen LogP contribution in [0, 0.1) is 19.3 Å². The molecule has 0 aliphatic rings. The third kappa shape index (κ3) is 3.86. The number of carbonyl (C=O) groups is 1. The zero-order valence-electron chi connectivity index (χ0n) is 11.2. The Kier molecular flexibility index (Phi) is 5.83. The van der Waals surface area contributed by atoms with Gasteiger partial charge in [-0.15, -0.1) is 17.0 Å². The number of halogens is 2. The summed E-state index contributed by atoms with van der Waals surface area (Å²) in [5.74, 6) is 0.648. The van der Waals surface area contributed by atoms with Crippen LogP contribution in [-0.2, 0) is 6.54 Å². The number of nitrogens with zero attached hydrogens (tertiary/aromatic N) is 2. The molecule has 0 saturated carbocycles. The third-order valence-corrected chi connectivity index (χ3v) is 3.36. The molecule has 0 fully saturated rings. The molecule has 2 aromatic rings. The summed E-state index contributed by atoms with van der Waals surface area (Å²) in [6.07, 6.45) is 0. The van der Waals surface area contributed by atoms with E-state index in [4.69, 9.17) is 5.41 Å². The van der Waals surface area contributed by atoms with Gasteiger partial charge in [0.25, 0.3) is 0 Å². The van der Waals surface area contributed by atoms with E-state index in [1.165, 1.54) is 0 Å². The molecule has 2 rings (SSSR count). The van der Waals surface area contributed by atoms with E-state index in [0.717, 1.165) is 10.2 Å². The number of hydrogen-bond acceptors (Lipinski definition) is 3. The summed E-state index contributed by atoms with van der Waals surface area (Å²) in [6.45, 7) is 3.78.